The lowest BCUT2D eigenvalue weighted by atomic mass is 9.99. The fraction of sp³-hybridized carbons (Fsp3) is 0.500. The molecule has 1 fully saturated rings. The smallest absolute Gasteiger partial charge is 0.226 e. The molecule has 1 saturated heterocycles. The highest BCUT2D eigenvalue weighted by molar-refractivity contribution is 9.10. The second-order valence-corrected chi connectivity index (χ2v) is 6.37. The average Bonchev–Trinajstić information content (AvgIpc) is 2.39. The molecule has 0 saturated carbocycles. The molecule has 1 atom stereocenters. The summed E-state index contributed by atoms with van der Waals surface area (Å²) in [6.45, 7) is 1.81. The van der Waals surface area contributed by atoms with Gasteiger partial charge in [-0.1, -0.05) is 44.0 Å². The Morgan fingerprint density at radius 1 is 1.44 bits per heavy atom. The number of carbonyl (C=O) groups excluding carboxylic acids is 1. The Morgan fingerprint density at radius 3 is 3.00 bits per heavy atom. The van der Waals surface area contributed by atoms with Crippen molar-refractivity contribution in [2.45, 2.75) is 19.3 Å². The predicted molar refractivity (Wildman–Crippen MR) is 80.9 cm³/mol. The molecule has 0 bridgehead atoms. The standard InChI is InChI=1S/C14H17Br2NO/c15-9-12-4-2-6-17(10-12)14(18)8-11-3-1-5-13(16)7-11/h1,3,5,7,12H,2,4,6,8-10H2. The number of hydrogen-bond acceptors (Lipinski definition) is 1. The number of hydrogen-bond donors (Lipinski definition) is 0. The zero-order valence-electron chi connectivity index (χ0n) is 10.2. The summed E-state index contributed by atoms with van der Waals surface area (Å²) < 4.78 is 1.03. The van der Waals surface area contributed by atoms with E-state index in [0.29, 0.717) is 12.3 Å². The van der Waals surface area contributed by atoms with Crippen LogP contribution in [-0.4, -0.2) is 29.2 Å². The van der Waals surface area contributed by atoms with Crippen molar-refractivity contribution in [1.82, 2.24) is 4.90 Å². The largest absolute Gasteiger partial charge is 0.342 e. The molecule has 1 unspecified atom stereocenters. The van der Waals surface area contributed by atoms with Gasteiger partial charge < -0.3 is 4.90 Å². The zero-order chi connectivity index (χ0) is 13.0. The van der Waals surface area contributed by atoms with E-state index in [4.69, 9.17) is 0 Å². The highest BCUT2D eigenvalue weighted by atomic mass is 79.9. The highest BCUT2D eigenvalue weighted by Crippen LogP contribution is 2.19. The van der Waals surface area contributed by atoms with Gasteiger partial charge in [0.1, 0.15) is 0 Å². The van der Waals surface area contributed by atoms with Crippen molar-refractivity contribution in [2.75, 3.05) is 18.4 Å². The first-order chi connectivity index (χ1) is 8.69. The van der Waals surface area contributed by atoms with Crippen LogP contribution in [0.1, 0.15) is 18.4 Å². The van der Waals surface area contributed by atoms with E-state index in [1.807, 2.05) is 29.2 Å². The molecule has 1 amide bonds. The lowest BCUT2D eigenvalue weighted by molar-refractivity contribution is -0.132. The van der Waals surface area contributed by atoms with Crippen molar-refractivity contribution in [1.29, 1.82) is 0 Å². The summed E-state index contributed by atoms with van der Waals surface area (Å²) >= 11 is 6.96. The van der Waals surface area contributed by atoms with Crippen molar-refractivity contribution in [3.8, 4) is 0 Å². The minimum absolute atomic E-state index is 0.249. The van der Waals surface area contributed by atoms with Crippen molar-refractivity contribution < 1.29 is 4.79 Å². The van der Waals surface area contributed by atoms with Crippen LogP contribution >= 0.6 is 31.9 Å². The highest BCUT2D eigenvalue weighted by Gasteiger charge is 2.22. The zero-order valence-corrected chi connectivity index (χ0v) is 13.4. The number of alkyl halides is 1. The Hall–Kier alpha value is -0.350. The van der Waals surface area contributed by atoms with Gasteiger partial charge in [-0.25, -0.2) is 0 Å². The van der Waals surface area contributed by atoms with E-state index in [-0.39, 0.29) is 5.91 Å². The summed E-state index contributed by atoms with van der Waals surface area (Å²) in [5.74, 6) is 0.865. The average molecular weight is 375 g/mol. The first-order valence-corrected chi connectivity index (χ1v) is 8.18. The topological polar surface area (TPSA) is 20.3 Å². The number of rotatable bonds is 3. The van der Waals surface area contributed by atoms with Crippen molar-refractivity contribution in [3.63, 3.8) is 0 Å². The fourth-order valence-electron chi connectivity index (χ4n) is 2.35. The van der Waals surface area contributed by atoms with Gasteiger partial charge in [0.15, 0.2) is 0 Å². The quantitative estimate of drug-likeness (QED) is 0.740. The molecule has 0 spiro atoms. The maximum atomic E-state index is 12.2. The molecule has 1 aliphatic rings. The SMILES string of the molecule is O=C(Cc1cccc(Br)c1)N1CCCC(CBr)C1. The summed E-state index contributed by atoms with van der Waals surface area (Å²) in [7, 11) is 0. The lowest BCUT2D eigenvalue weighted by Gasteiger charge is -2.32. The van der Waals surface area contributed by atoms with Gasteiger partial charge in [0.05, 0.1) is 6.42 Å². The van der Waals surface area contributed by atoms with Gasteiger partial charge in [0.2, 0.25) is 5.91 Å². The summed E-state index contributed by atoms with van der Waals surface area (Å²) in [5.41, 5.74) is 1.08. The third-order valence-electron chi connectivity index (χ3n) is 3.33. The van der Waals surface area contributed by atoms with Gasteiger partial charge in [-0.15, -0.1) is 0 Å². The molecule has 0 N–H and O–H groups in total. The Kier molecular flexibility index (Phi) is 5.25. The van der Waals surface area contributed by atoms with Crippen LogP contribution in [0.2, 0.25) is 0 Å². The molecule has 2 nitrogen and oxygen atoms in total. The molecule has 0 aromatic heterocycles. The Bertz CT molecular complexity index is 422. The van der Waals surface area contributed by atoms with E-state index in [1.54, 1.807) is 0 Å². The summed E-state index contributed by atoms with van der Waals surface area (Å²) in [6.07, 6.45) is 2.86. The van der Waals surface area contributed by atoms with E-state index in [1.165, 1.54) is 6.42 Å². The number of piperidine rings is 1. The molecule has 1 aliphatic heterocycles. The molecular weight excluding hydrogens is 358 g/mol. The van der Waals surface area contributed by atoms with E-state index < -0.39 is 0 Å². The number of likely N-dealkylation sites (tertiary alicyclic amines) is 1. The van der Waals surface area contributed by atoms with Crippen molar-refractivity contribution in [2.24, 2.45) is 5.92 Å². The maximum absolute atomic E-state index is 12.2. The third-order valence-corrected chi connectivity index (χ3v) is 4.74. The van der Waals surface area contributed by atoms with Crippen LogP contribution < -0.4 is 0 Å². The lowest BCUT2D eigenvalue weighted by Crippen LogP contribution is -2.41. The molecule has 2 rings (SSSR count). The van der Waals surface area contributed by atoms with E-state index in [2.05, 4.69) is 31.9 Å². The number of nitrogens with zero attached hydrogens (tertiary/aromatic N) is 1. The number of carbonyl (C=O) groups is 1. The second-order valence-electron chi connectivity index (χ2n) is 4.81. The second kappa shape index (κ2) is 6.71. The number of halogens is 2. The van der Waals surface area contributed by atoms with E-state index in [9.17, 15) is 4.79 Å². The summed E-state index contributed by atoms with van der Waals surface area (Å²) in [4.78, 5) is 14.2. The Morgan fingerprint density at radius 2 is 2.28 bits per heavy atom. The number of benzene rings is 1. The first-order valence-electron chi connectivity index (χ1n) is 6.27. The van der Waals surface area contributed by atoms with Gasteiger partial charge in [-0.2, -0.15) is 0 Å². The van der Waals surface area contributed by atoms with E-state index >= 15 is 0 Å². The third kappa shape index (κ3) is 3.82. The molecule has 4 heteroatoms. The minimum Gasteiger partial charge on any atom is -0.342 e. The van der Waals surface area contributed by atoms with Gasteiger partial charge in [-0.05, 0) is 36.5 Å². The molecule has 1 aromatic carbocycles. The van der Waals surface area contributed by atoms with Crippen LogP contribution in [0.4, 0.5) is 0 Å². The van der Waals surface area contributed by atoms with Gasteiger partial charge in [0, 0.05) is 22.9 Å². The van der Waals surface area contributed by atoms with Crippen LogP contribution in [0.25, 0.3) is 0 Å². The number of amides is 1. The summed E-state index contributed by atoms with van der Waals surface area (Å²) in [5, 5.41) is 0.994. The van der Waals surface area contributed by atoms with Crippen LogP contribution in [0.5, 0.6) is 0 Å². The van der Waals surface area contributed by atoms with Crippen molar-refractivity contribution in [3.05, 3.63) is 34.3 Å². The normalized spacial score (nSPS) is 19.9. The predicted octanol–water partition coefficient (Wildman–Crippen LogP) is 3.63. The van der Waals surface area contributed by atoms with Gasteiger partial charge >= 0.3 is 0 Å². The van der Waals surface area contributed by atoms with Crippen LogP contribution in [0.3, 0.4) is 0 Å². The molecule has 98 valence electrons. The minimum atomic E-state index is 0.249. The van der Waals surface area contributed by atoms with Gasteiger partial charge in [0.25, 0.3) is 0 Å². The molecule has 0 aliphatic carbocycles. The maximum Gasteiger partial charge on any atom is 0.226 e. The van der Waals surface area contributed by atoms with Crippen molar-refractivity contribution >= 4 is 37.8 Å². The van der Waals surface area contributed by atoms with Crippen LogP contribution in [0.15, 0.2) is 28.7 Å². The molecular formula is C14H17Br2NO. The van der Waals surface area contributed by atoms with Crippen LogP contribution in [-0.2, 0) is 11.2 Å². The first kappa shape index (κ1) is 14.1. The summed E-state index contributed by atoms with van der Waals surface area (Å²) in [6, 6.07) is 7.98. The van der Waals surface area contributed by atoms with Gasteiger partial charge in [-0.3, -0.25) is 4.79 Å². The molecule has 18 heavy (non-hydrogen) atoms. The Labute approximate surface area is 125 Å². The molecule has 0 radical (unpaired) electrons. The Balaban J connectivity index is 1.95. The fourth-order valence-corrected chi connectivity index (χ4v) is 3.33. The van der Waals surface area contributed by atoms with E-state index in [0.717, 1.165) is 34.9 Å². The molecule has 1 heterocycles. The molecule has 1 aromatic rings. The van der Waals surface area contributed by atoms with Crippen LogP contribution in [0, 0.1) is 5.92 Å². The monoisotopic (exact) mass is 373 g/mol.